The second kappa shape index (κ2) is 6.53. The summed E-state index contributed by atoms with van der Waals surface area (Å²) >= 11 is 0. The van der Waals surface area contributed by atoms with Gasteiger partial charge in [0.2, 0.25) is 5.75 Å². The zero-order chi connectivity index (χ0) is 15.5. The smallest absolute Gasteiger partial charge is 0.203 e. The van der Waals surface area contributed by atoms with Crippen molar-refractivity contribution in [2.24, 2.45) is 5.73 Å². The third-order valence-electron chi connectivity index (χ3n) is 3.43. The highest BCUT2D eigenvalue weighted by molar-refractivity contribution is 7.91. The SMILES string of the molecule is COc1cc(CCN)cc(OC)c1OC1CCS(=O)(=O)C1. The van der Waals surface area contributed by atoms with Crippen LogP contribution in [0.2, 0.25) is 0 Å². The van der Waals surface area contributed by atoms with E-state index in [1.165, 1.54) is 0 Å². The lowest BCUT2D eigenvalue weighted by molar-refractivity contribution is 0.207. The largest absolute Gasteiger partial charge is 0.493 e. The third kappa shape index (κ3) is 3.79. The predicted molar refractivity (Wildman–Crippen MR) is 80.0 cm³/mol. The van der Waals surface area contributed by atoms with E-state index in [-0.39, 0.29) is 17.6 Å². The van der Waals surface area contributed by atoms with Crippen LogP contribution in [0.1, 0.15) is 12.0 Å². The molecule has 0 radical (unpaired) electrons. The first-order valence-electron chi connectivity index (χ1n) is 6.81. The molecule has 2 rings (SSSR count). The van der Waals surface area contributed by atoms with Gasteiger partial charge in [0.1, 0.15) is 6.10 Å². The van der Waals surface area contributed by atoms with Crippen LogP contribution < -0.4 is 19.9 Å². The number of hydrogen-bond donors (Lipinski definition) is 1. The summed E-state index contributed by atoms with van der Waals surface area (Å²) < 4.78 is 39.6. The summed E-state index contributed by atoms with van der Waals surface area (Å²) in [5.74, 6) is 1.70. The molecule has 7 heteroatoms. The van der Waals surface area contributed by atoms with E-state index in [4.69, 9.17) is 19.9 Å². The van der Waals surface area contributed by atoms with E-state index in [0.29, 0.717) is 36.6 Å². The van der Waals surface area contributed by atoms with Gasteiger partial charge in [-0.25, -0.2) is 8.42 Å². The summed E-state index contributed by atoms with van der Waals surface area (Å²) in [5.41, 5.74) is 6.55. The number of nitrogens with two attached hydrogens (primary N) is 1. The molecular formula is C14H21NO5S. The van der Waals surface area contributed by atoms with Gasteiger partial charge >= 0.3 is 0 Å². The highest BCUT2D eigenvalue weighted by Gasteiger charge is 2.31. The van der Waals surface area contributed by atoms with E-state index in [0.717, 1.165) is 5.56 Å². The van der Waals surface area contributed by atoms with Crippen LogP contribution in [0, 0.1) is 0 Å². The molecule has 1 fully saturated rings. The summed E-state index contributed by atoms with van der Waals surface area (Å²) in [6, 6.07) is 3.68. The van der Waals surface area contributed by atoms with Gasteiger partial charge in [0.15, 0.2) is 21.3 Å². The van der Waals surface area contributed by atoms with E-state index in [1.807, 2.05) is 12.1 Å². The standard InChI is InChI=1S/C14H21NO5S/c1-18-12-7-10(3-5-15)8-13(19-2)14(12)20-11-4-6-21(16,17)9-11/h7-8,11H,3-6,9,15H2,1-2H3. The molecule has 0 amide bonds. The molecule has 0 spiro atoms. The van der Waals surface area contributed by atoms with Crippen molar-refractivity contribution in [3.63, 3.8) is 0 Å². The molecule has 1 atom stereocenters. The minimum Gasteiger partial charge on any atom is -0.493 e. The second-order valence-corrected chi connectivity index (χ2v) is 7.24. The first kappa shape index (κ1) is 15.9. The molecule has 0 aliphatic carbocycles. The first-order chi connectivity index (χ1) is 9.99. The van der Waals surface area contributed by atoms with Crippen LogP contribution >= 0.6 is 0 Å². The molecule has 0 bridgehead atoms. The van der Waals surface area contributed by atoms with Gasteiger partial charge in [-0.05, 0) is 37.1 Å². The molecule has 1 aliphatic heterocycles. The maximum absolute atomic E-state index is 11.5. The number of hydrogen-bond acceptors (Lipinski definition) is 6. The first-order valence-corrected chi connectivity index (χ1v) is 8.63. The maximum Gasteiger partial charge on any atom is 0.203 e. The minimum atomic E-state index is -2.99. The fourth-order valence-corrected chi connectivity index (χ4v) is 3.97. The minimum absolute atomic E-state index is 0.0316. The Hall–Kier alpha value is -1.47. The fourth-order valence-electron chi connectivity index (χ4n) is 2.38. The molecule has 1 aliphatic rings. The predicted octanol–water partition coefficient (Wildman–Crippen LogP) is 0.771. The summed E-state index contributed by atoms with van der Waals surface area (Å²) in [4.78, 5) is 0. The maximum atomic E-state index is 11.5. The van der Waals surface area contributed by atoms with Crippen LogP contribution in [0.25, 0.3) is 0 Å². The summed E-state index contributed by atoms with van der Waals surface area (Å²) in [7, 11) is 0.0872. The van der Waals surface area contributed by atoms with Crippen LogP contribution in [0.3, 0.4) is 0 Å². The van der Waals surface area contributed by atoms with E-state index < -0.39 is 9.84 Å². The van der Waals surface area contributed by atoms with Gasteiger partial charge in [0.25, 0.3) is 0 Å². The molecular weight excluding hydrogens is 294 g/mol. The van der Waals surface area contributed by atoms with Crippen molar-refractivity contribution in [3.05, 3.63) is 17.7 Å². The molecule has 1 unspecified atom stereocenters. The molecule has 2 N–H and O–H groups in total. The summed E-state index contributed by atoms with van der Waals surface area (Å²) in [5, 5.41) is 0. The van der Waals surface area contributed by atoms with Crippen LogP contribution in [0.15, 0.2) is 12.1 Å². The lowest BCUT2D eigenvalue weighted by Crippen LogP contribution is -2.18. The van der Waals surface area contributed by atoms with Gasteiger partial charge in [-0.2, -0.15) is 0 Å². The molecule has 1 aromatic rings. The topological polar surface area (TPSA) is 87.8 Å². The van der Waals surface area contributed by atoms with E-state index >= 15 is 0 Å². The zero-order valence-corrected chi connectivity index (χ0v) is 13.1. The quantitative estimate of drug-likeness (QED) is 0.834. The Kier molecular flexibility index (Phi) is 4.95. The molecule has 6 nitrogen and oxygen atoms in total. The van der Waals surface area contributed by atoms with E-state index in [9.17, 15) is 8.42 Å². The molecule has 1 saturated heterocycles. The third-order valence-corrected chi connectivity index (χ3v) is 5.17. The average Bonchev–Trinajstić information content (AvgIpc) is 2.79. The van der Waals surface area contributed by atoms with Crippen LogP contribution in [0.5, 0.6) is 17.2 Å². The monoisotopic (exact) mass is 315 g/mol. The summed E-state index contributed by atoms with van der Waals surface area (Å²) in [6.45, 7) is 0.521. The molecule has 0 aromatic heterocycles. The van der Waals surface area contributed by atoms with Crippen LogP contribution in [-0.4, -0.2) is 46.8 Å². The number of methoxy groups -OCH3 is 2. The molecule has 21 heavy (non-hydrogen) atoms. The van der Waals surface area contributed by atoms with Gasteiger partial charge in [-0.1, -0.05) is 0 Å². The lowest BCUT2D eigenvalue weighted by Gasteiger charge is -2.19. The second-order valence-electron chi connectivity index (χ2n) is 5.01. The van der Waals surface area contributed by atoms with Crippen LogP contribution in [0.4, 0.5) is 0 Å². The van der Waals surface area contributed by atoms with Gasteiger partial charge < -0.3 is 19.9 Å². The van der Waals surface area contributed by atoms with Crippen LogP contribution in [-0.2, 0) is 16.3 Å². The Balaban J connectivity index is 2.29. The number of ether oxygens (including phenoxy) is 3. The Morgan fingerprint density at radius 1 is 1.24 bits per heavy atom. The van der Waals surface area contributed by atoms with E-state index in [2.05, 4.69) is 0 Å². The lowest BCUT2D eigenvalue weighted by atomic mass is 10.1. The van der Waals surface area contributed by atoms with Gasteiger partial charge in [0.05, 0.1) is 25.7 Å². The highest BCUT2D eigenvalue weighted by atomic mass is 32.2. The Morgan fingerprint density at radius 2 is 1.86 bits per heavy atom. The van der Waals surface area contributed by atoms with Crippen molar-refractivity contribution in [2.75, 3.05) is 32.3 Å². The Morgan fingerprint density at radius 3 is 2.29 bits per heavy atom. The normalized spacial score (nSPS) is 20.2. The molecule has 0 saturated carbocycles. The van der Waals surface area contributed by atoms with Gasteiger partial charge in [-0.3, -0.25) is 0 Å². The van der Waals surface area contributed by atoms with Crippen molar-refractivity contribution >= 4 is 9.84 Å². The van der Waals surface area contributed by atoms with E-state index in [1.54, 1.807) is 14.2 Å². The van der Waals surface area contributed by atoms with Crippen molar-refractivity contribution in [2.45, 2.75) is 18.9 Å². The fraction of sp³-hybridized carbons (Fsp3) is 0.571. The average molecular weight is 315 g/mol. The number of sulfone groups is 1. The Bertz CT molecular complexity index is 574. The number of benzene rings is 1. The zero-order valence-electron chi connectivity index (χ0n) is 12.3. The highest BCUT2D eigenvalue weighted by Crippen LogP contribution is 2.40. The van der Waals surface area contributed by atoms with Gasteiger partial charge in [0, 0.05) is 0 Å². The Labute approximate surface area is 125 Å². The molecule has 118 valence electrons. The summed E-state index contributed by atoms with van der Waals surface area (Å²) in [6.07, 6.45) is 0.822. The van der Waals surface area contributed by atoms with Crippen molar-refractivity contribution in [3.8, 4) is 17.2 Å². The van der Waals surface area contributed by atoms with Crippen molar-refractivity contribution < 1.29 is 22.6 Å². The van der Waals surface area contributed by atoms with Gasteiger partial charge in [-0.15, -0.1) is 0 Å². The van der Waals surface area contributed by atoms with Crippen molar-refractivity contribution in [1.29, 1.82) is 0 Å². The molecule has 1 heterocycles. The molecule has 1 aromatic carbocycles. The van der Waals surface area contributed by atoms with Crippen molar-refractivity contribution in [1.82, 2.24) is 0 Å². The number of rotatable bonds is 6.